The smallest absolute Gasteiger partial charge is 0.175 e. The molecule has 2 N–H and O–H groups in total. The van der Waals surface area contributed by atoms with Crippen LogP contribution < -0.4 is 20.1 Å². The van der Waals surface area contributed by atoms with Gasteiger partial charge in [-0.3, -0.25) is 0 Å². The maximum absolute atomic E-state index is 5.84. The summed E-state index contributed by atoms with van der Waals surface area (Å²) in [6, 6.07) is 25.0. The third-order valence-corrected chi connectivity index (χ3v) is 3.70. The predicted octanol–water partition coefficient (Wildman–Crippen LogP) is 5.69. The Morgan fingerprint density at radius 1 is 0.769 bits per heavy atom. The molecule has 3 aromatic carbocycles. The van der Waals surface area contributed by atoms with Gasteiger partial charge >= 0.3 is 0 Å². The summed E-state index contributed by atoms with van der Waals surface area (Å²) in [5.41, 5.74) is 1.74. The molecule has 5 heteroatoms. The molecular weight excluding hydrogens is 344 g/mol. The topological polar surface area (TPSA) is 42.5 Å². The molecular formula is C21H20N2O2S. The van der Waals surface area contributed by atoms with Crippen LogP contribution in [-0.2, 0) is 0 Å². The number of hydrogen-bond donors (Lipinski definition) is 2. The van der Waals surface area contributed by atoms with Gasteiger partial charge in [-0.1, -0.05) is 24.3 Å². The van der Waals surface area contributed by atoms with Gasteiger partial charge < -0.3 is 20.1 Å². The largest absolute Gasteiger partial charge is 0.494 e. The van der Waals surface area contributed by atoms with E-state index in [9.17, 15) is 0 Å². The van der Waals surface area contributed by atoms with Crippen molar-refractivity contribution in [2.24, 2.45) is 0 Å². The van der Waals surface area contributed by atoms with Gasteiger partial charge in [-0.2, -0.15) is 0 Å². The molecule has 0 saturated carbocycles. The van der Waals surface area contributed by atoms with Crippen LogP contribution in [-0.4, -0.2) is 11.7 Å². The van der Waals surface area contributed by atoms with E-state index in [2.05, 4.69) is 10.6 Å². The standard InChI is InChI=1S/C21H20N2O2S/c1-2-24-18-13-11-16(12-14-18)22-21(26)23-17-7-6-10-20(15-17)25-19-8-4-3-5-9-19/h3-15H,2H2,1H3,(H2,22,23,26). The Balaban J connectivity index is 1.59. The zero-order valence-electron chi connectivity index (χ0n) is 14.4. The molecule has 3 rings (SSSR count). The first kappa shape index (κ1) is 17.8. The Bertz CT molecular complexity index is 851. The normalized spacial score (nSPS) is 10.0. The molecule has 0 bridgehead atoms. The molecule has 26 heavy (non-hydrogen) atoms. The summed E-state index contributed by atoms with van der Waals surface area (Å²) in [5.74, 6) is 2.37. The highest BCUT2D eigenvalue weighted by Gasteiger charge is 2.02. The SMILES string of the molecule is CCOc1ccc(NC(=S)Nc2cccc(Oc3ccccc3)c2)cc1. The van der Waals surface area contributed by atoms with Gasteiger partial charge in [-0.25, -0.2) is 0 Å². The Labute approximate surface area is 158 Å². The van der Waals surface area contributed by atoms with Crippen LogP contribution in [0.3, 0.4) is 0 Å². The number of thiocarbonyl (C=S) groups is 1. The molecule has 0 atom stereocenters. The number of hydrogen-bond acceptors (Lipinski definition) is 3. The van der Waals surface area contributed by atoms with Crippen LogP contribution >= 0.6 is 12.2 Å². The number of benzene rings is 3. The molecule has 0 spiro atoms. The van der Waals surface area contributed by atoms with Crippen LogP contribution in [0.15, 0.2) is 78.9 Å². The van der Waals surface area contributed by atoms with E-state index in [-0.39, 0.29) is 0 Å². The van der Waals surface area contributed by atoms with E-state index in [1.165, 1.54) is 0 Å². The van der Waals surface area contributed by atoms with Crippen molar-refractivity contribution in [3.8, 4) is 17.2 Å². The van der Waals surface area contributed by atoms with Crippen LogP contribution in [0.25, 0.3) is 0 Å². The monoisotopic (exact) mass is 364 g/mol. The summed E-state index contributed by atoms with van der Waals surface area (Å²) in [5, 5.41) is 6.82. The Hall–Kier alpha value is -3.05. The van der Waals surface area contributed by atoms with Crippen LogP contribution in [0.1, 0.15) is 6.92 Å². The van der Waals surface area contributed by atoms with Gasteiger partial charge in [-0.05, 0) is 67.7 Å². The van der Waals surface area contributed by atoms with Crippen LogP contribution in [0.2, 0.25) is 0 Å². The number of rotatable bonds is 6. The maximum atomic E-state index is 5.84. The minimum atomic E-state index is 0.506. The van der Waals surface area contributed by atoms with Crippen molar-refractivity contribution in [1.29, 1.82) is 0 Å². The quantitative estimate of drug-likeness (QED) is 0.550. The van der Waals surface area contributed by atoms with Gasteiger partial charge in [0, 0.05) is 17.4 Å². The summed E-state index contributed by atoms with van der Waals surface area (Å²) in [6.07, 6.45) is 0. The lowest BCUT2D eigenvalue weighted by molar-refractivity contribution is 0.340. The molecule has 0 aromatic heterocycles. The highest BCUT2D eigenvalue weighted by atomic mass is 32.1. The average molecular weight is 364 g/mol. The first-order valence-corrected chi connectivity index (χ1v) is 8.77. The molecule has 0 fully saturated rings. The fraction of sp³-hybridized carbons (Fsp3) is 0.0952. The van der Waals surface area contributed by atoms with Crippen molar-refractivity contribution in [2.45, 2.75) is 6.92 Å². The van der Waals surface area contributed by atoms with Gasteiger partial charge in [0.05, 0.1) is 6.61 Å². The van der Waals surface area contributed by atoms with E-state index >= 15 is 0 Å². The van der Waals surface area contributed by atoms with E-state index in [1.807, 2.05) is 85.8 Å². The second-order valence-electron chi connectivity index (χ2n) is 5.48. The third kappa shape index (κ3) is 5.22. The van der Waals surface area contributed by atoms with Crippen LogP contribution in [0, 0.1) is 0 Å². The Morgan fingerprint density at radius 3 is 2.19 bits per heavy atom. The fourth-order valence-corrected chi connectivity index (χ4v) is 2.59. The van der Waals surface area contributed by atoms with E-state index < -0.39 is 0 Å². The summed E-state index contributed by atoms with van der Waals surface area (Å²) in [7, 11) is 0. The zero-order valence-corrected chi connectivity index (χ0v) is 15.3. The molecule has 0 aliphatic heterocycles. The first-order valence-electron chi connectivity index (χ1n) is 8.37. The van der Waals surface area contributed by atoms with Crippen molar-refractivity contribution in [3.05, 3.63) is 78.9 Å². The van der Waals surface area contributed by atoms with E-state index in [0.717, 1.165) is 28.6 Å². The van der Waals surface area contributed by atoms with Crippen LogP contribution in [0.4, 0.5) is 11.4 Å². The number of nitrogens with one attached hydrogen (secondary N) is 2. The summed E-state index contributed by atoms with van der Waals surface area (Å²) < 4.78 is 11.3. The Morgan fingerprint density at radius 2 is 1.46 bits per heavy atom. The van der Waals surface area contributed by atoms with Crippen molar-refractivity contribution in [1.82, 2.24) is 0 Å². The number of para-hydroxylation sites is 1. The number of anilines is 2. The highest BCUT2D eigenvalue weighted by Crippen LogP contribution is 2.24. The third-order valence-electron chi connectivity index (χ3n) is 3.49. The van der Waals surface area contributed by atoms with Crippen LogP contribution in [0.5, 0.6) is 17.2 Å². The lowest BCUT2D eigenvalue weighted by Gasteiger charge is -2.12. The highest BCUT2D eigenvalue weighted by molar-refractivity contribution is 7.80. The molecule has 0 unspecified atom stereocenters. The molecule has 0 amide bonds. The van der Waals surface area contributed by atoms with Gasteiger partial charge in [0.15, 0.2) is 5.11 Å². The van der Waals surface area contributed by atoms with Gasteiger partial charge in [-0.15, -0.1) is 0 Å². The molecule has 3 aromatic rings. The fourth-order valence-electron chi connectivity index (χ4n) is 2.36. The van der Waals surface area contributed by atoms with Crippen molar-refractivity contribution in [2.75, 3.05) is 17.2 Å². The van der Waals surface area contributed by atoms with E-state index in [0.29, 0.717) is 11.7 Å². The lowest BCUT2D eigenvalue weighted by Crippen LogP contribution is -2.18. The molecule has 0 aliphatic rings. The predicted molar refractivity (Wildman–Crippen MR) is 110 cm³/mol. The molecule has 132 valence electrons. The van der Waals surface area contributed by atoms with Crippen molar-refractivity contribution in [3.63, 3.8) is 0 Å². The Kier molecular flexibility index (Phi) is 6.06. The molecule has 0 heterocycles. The summed E-state index contributed by atoms with van der Waals surface area (Å²) in [4.78, 5) is 0. The van der Waals surface area contributed by atoms with E-state index in [4.69, 9.17) is 21.7 Å². The zero-order chi connectivity index (χ0) is 18.2. The van der Waals surface area contributed by atoms with Gasteiger partial charge in [0.1, 0.15) is 17.2 Å². The second kappa shape index (κ2) is 8.87. The summed E-state index contributed by atoms with van der Waals surface area (Å²) in [6.45, 7) is 2.61. The number of ether oxygens (including phenoxy) is 2. The van der Waals surface area contributed by atoms with Crippen molar-refractivity contribution < 1.29 is 9.47 Å². The average Bonchev–Trinajstić information content (AvgIpc) is 2.65. The molecule has 4 nitrogen and oxygen atoms in total. The van der Waals surface area contributed by atoms with Gasteiger partial charge in [0.2, 0.25) is 0 Å². The van der Waals surface area contributed by atoms with E-state index in [1.54, 1.807) is 0 Å². The first-order chi connectivity index (χ1) is 12.7. The summed E-state index contributed by atoms with van der Waals surface area (Å²) >= 11 is 5.38. The molecule has 0 aliphatic carbocycles. The van der Waals surface area contributed by atoms with Crippen molar-refractivity contribution >= 4 is 28.7 Å². The maximum Gasteiger partial charge on any atom is 0.175 e. The van der Waals surface area contributed by atoms with Gasteiger partial charge in [0.25, 0.3) is 0 Å². The molecule has 0 radical (unpaired) electrons. The molecule has 0 saturated heterocycles. The minimum absolute atomic E-state index is 0.506. The minimum Gasteiger partial charge on any atom is -0.494 e. The lowest BCUT2D eigenvalue weighted by atomic mass is 10.3. The second-order valence-corrected chi connectivity index (χ2v) is 5.89.